The van der Waals surface area contributed by atoms with E-state index in [1.165, 1.54) is 12.1 Å². The molecule has 4 rings (SSSR count). The Morgan fingerprint density at radius 3 is 2.19 bits per heavy atom. The number of benzene rings is 3. The Bertz CT molecular complexity index is 1200. The summed E-state index contributed by atoms with van der Waals surface area (Å²) in [6.07, 6.45) is 7.83. The molecule has 0 spiro atoms. The molecule has 1 heterocycles. The standard InChI is InChI=1S/C28H27Cl3FN2O.ClH/c1-2-3-16-35-27(25-13-10-23(30)17-26(25)31)18-33-14-15-34(19-33)28(20-4-8-22(29)9-5-20)21-6-11-24(32)12-7-21;/h4-15,17,19,27-28H,2-3,16,18H2,1H3;1H/q+1;/p-1. The van der Waals surface area contributed by atoms with Crippen molar-refractivity contribution in [2.75, 3.05) is 6.61 Å². The molecule has 2 unspecified atom stereocenters. The molecule has 4 aromatic rings. The van der Waals surface area contributed by atoms with E-state index < -0.39 is 0 Å². The fourth-order valence-electron chi connectivity index (χ4n) is 4.06. The molecule has 3 aromatic carbocycles. The zero-order valence-electron chi connectivity index (χ0n) is 19.8. The summed E-state index contributed by atoms with van der Waals surface area (Å²) in [4.78, 5) is 0. The number of halogens is 5. The van der Waals surface area contributed by atoms with Crippen LogP contribution in [0.25, 0.3) is 0 Å². The monoisotopic (exact) mass is 566 g/mol. The van der Waals surface area contributed by atoms with Crippen LogP contribution in [0.4, 0.5) is 4.39 Å². The lowest BCUT2D eigenvalue weighted by Gasteiger charge is -2.18. The SMILES string of the molecule is CCCCOC(C[n+]1ccn(C(c2ccc(F)cc2)c2ccc(Cl)cc2)c1)c1ccc(Cl)cc1Cl.[Cl-]. The van der Waals surface area contributed by atoms with Crippen molar-refractivity contribution in [3.8, 4) is 0 Å². The van der Waals surface area contributed by atoms with Crippen molar-refractivity contribution in [1.82, 2.24) is 4.57 Å². The molecule has 0 aliphatic rings. The van der Waals surface area contributed by atoms with Gasteiger partial charge in [0.05, 0.1) is 0 Å². The van der Waals surface area contributed by atoms with Crippen molar-refractivity contribution in [3.63, 3.8) is 0 Å². The van der Waals surface area contributed by atoms with Gasteiger partial charge in [-0.2, -0.15) is 0 Å². The molecule has 0 fully saturated rings. The van der Waals surface area contributed by atoms with Crippen LogP contribution in [0.15, 0.2) is 85.5 Å². The minimum absolute atomic E-state index is 0. The molecule has 0 saturated heterocycles. The Hall–Kier alpha value is -2.08. The van der Waals surface area contributed by atoms with E-state index >= 15 is 0 Å². The Kier molecular flexibility index (Phi) is 10.7. The number of hydrogen-bond donors (Lipinski definition) is 0. The van der Waals surface area contributed by atoms with E-state index in [1.807, 2.05) is 67.3 Å². The summed E-state index contributed by atoms with van der Waals surface area (Å²) in [5, 5.41) is 1.85. The highest BCUT2D eigenvalue weighted by Crippen LogP contribution is 2.30. The molecule has 0 bridgehead atoms. The number of ether oxygens (including phenoxy) is 1. The second-order valence-corrected chi connectivity index (χ2v) is 9.72. The number of aromatic nitrogens is 2. The van der Waals surface area contributed by atoms with Crippen LogP contribution in [0.1, 0.15) is 48.6 Å². The van der Waals surface area contributed by atoms with Crippen LogP contribution < -0.4 is 17.0 Å². The zero-order chi connectivity index (χ0) is 24.8. The lowest BCUT2D eigenvalue weighted by Crippen LogP contribution is -3.00. The number of nitrogens with zero attached hydrogens (tertiary/aromatic N) is 2. The fourth-order valence-corrected chi connectivity index (χ4v) is 4.72. The van der Waals surface area contributed by atoms with Gasteiger partial charge in [-0.15, -0.1) is 0 Å². The van der Waals surface area contributed by atoms with Crippen molar-refractivity contribution >= 4 is 34.8 Å². The van der Waals surface area contributed by atoms with E-state index in [4.69, 9.17) is 39.5 Å². The number of unbranched alkanes of at least 4 members (excludes halogenated alkanes) is 1. The van der Waals surface area contributed by atoms with Gasteiger partial charge in [-0.05, 0) is 42.8 Å². The molecule has 2 atom stereocenters. The topological polar surface area (TPSA) is 18.0 Å². The van der Waals surface area contributed by atoms with E-state index in [0.29, 0.717) is 28.2 Å². The zero-order valence-corrected chi connectivity index (χ0v) is 22.8. The van der Waals surface area contributed by atoms with E-state index in [9.17, 15) is 4.39 Å². The van der Waals surface area contributed by atoms with Gasteiger partial charge in [0.15, 0.2) is 6.04 Å². The first-order valence-electron chi connectivity index (χ1n) is 11.6. The first-order chi connectivity index (χ1) is 16.9. The third-order valence-corrected chi connectivity index (χ3v) is 6.70. The van der Waals surface area contributed by atoms with Gasteiger partial charge in [-0.25, -0.2) is 13.5 Å². The summed E-state index contributed by atoms with van der Waals surface area (Å²) >= 11 is 18.8. The second kappa shape index (κ2) is 13.5. The van der Waals surface area contributed by atoms with Gasteiger partial charge in [0.2, 0.25) is 6.33 Å². The van der Waals surface area contributed by atoms with Crippen molar-refractivity contribution in [3.05, 3.63) is 123 Å². The van der Waals surface area contributed by atoms with Crippen LogP contribution in [-0.2, 0) is 11.3 Å². The molecule has 1 aromatic heterocycles. The van der Waals surface area contributed by atoms with E-state index in [0.717, 1.165) is 29.5 Å². The van der Waals surface area contributed by atoms with Crippen molar-refractivity contribution in [2.45, 2.75) is 38.5 Å². The van der Waals surface area contributed by atoms with Gasteiger partial charge in [-0.1, -0.05) is 78.5 Å². The molecule has 0 amide bonds. The molecule has 0 radical (unpaired) electrons. The minimum atomic E-state index is -0.266. The highest BCUT2D eigenvalue weighted by molar-refractivity contribution is 6.35. The van der Waals surface area contributed by atoms with E-state index in [-0.39, 0.29) is 30.4 Å². The molecular formula is C28H27Cl4FN2O. The summed E-state index contributed by atoms with van der Waals surface area (Å²) in [6.45, 7) is 3.36. The van der Waals surface area contributed by atoms with E-state index in [1.54, 1.807) is 6.07 Å². The van der Waals surface area contributed by atoms with Crippen molar-refractivity contribution in [2.24, 2.45) is 0 Å². The van der Waals surface area contributed by atoms with Gasteiger partial charge in [0, 0.05) is 38.4 Å². The van der Waals surface area contributed by atoms with Crippen molar-refractivity contribution in [1.29, 1.82) is 0 Å². The Morgan fingerprint density at radius 1 is 0.917 bits per heavy atom. The average molecular weight is 568 g/mol. The third-order valence-electron chi connectivity index (χ3n) is 5.88. The maximum atomic E-state index is 13.6. The van der Waals surface area contributed by atoms with Crippen molar-refractivity contribution < 1.29 is 26.1 Å². The van der Waals surface area contributed by atoms with Gasteiger partial charge in [0.1, 0.15) is 30.9 Å². The fraction of sp³-hybridized carbons (Fsp3) is 0.250. The number of rotatable bonds is 10. The average Bonchev–Trinajstić information content (AvgIpc) is 3.29. The molecular weight excluding hydrogens is 541 g/mol. The van der Waals surface area contributed by atoms with Crippen LogP contribution in [-0.4, -0.2) is 11.2 Å². The summed E-state index contributed by atoms with van der Waals surface area (Å²) in [7, 11) is 0. The van der Waals surface area contributed by atoms with Gasteiger partial charge >= 0.3 is 0 Å². The Morgan fingerprint density at radius 2 is 1.56 bits per heavy atom. The highest BCUT2D eigenvalue weighted by Gasteiger charge is 2.24. The smallest absolute Gasteiger partial charge is 0.244 e. The second-order valence-electron chi connectivity index (χ2n) is 8.44. The number of hydrogen-bond acceptors (Lipinski definition) is 1. The third kappa shape index (κ3) is 7.24. The quantitative estimate of drug-likeness (QED) is 0.193. The summed E-state index contributed by atoms with van der Waals surface area (Å²) < 4.78 is 24.1. The maximum absolute atomic E-state index is 13.6. The lowest BCUT2D eigenvalue weighted by atomic mass is 9.98. The van der Waals surface area contributed by atoms with Crippen LogP contribution in [0, 0.1) is 5.82 Å². The molecule has 36 heavy (non-hydrogen) atoms. The van der Waals surface area contributed by atoms with Gasteiger partial charge in [-0.3, -0.25) is 0 Å². The largest absolute Gasteiger partial charge is 1.00 e. The maximum Gasteiger partial charge on any atom is 0.244 e. The molecule has 0 aliphatic heterocycles. The van der Waals surface area contributed by atoms with Gasteiger partial charge < -0.3 is 17.1 Å². The first kappa shape index (κ1) is 28.5. The predicted octanol–water partition coefficient (Wildman–Crippen LogP) is 5.07. The minimum Gasteiger partial charge on any atom is -1.00 e. The molecule has 0 saturated carbocycles. The molecule has 0 aliphatic carbocycles. The molecule has 3 nitrogen and oxygen atoms in total. The van der Waals surface area contributed by atoms with Crippen LogP contribution in [0.3, 0.4) is 0 Å². The van der Waals surface area contributed by atoms with Gasteiger partial charge in [0.25, 0.3) is 0 Å². The Labute approximate surface area is 232 Å². The predicted molar refractivity (Wildman–Crippen MR) is 140 cm³/mol. The lowest BCUT2D eigenvalue weighted by molar-refractivity contribution is -0.704. The van der Waals surface area contributed by atoms with Crippen LogP contribution in [0.2, 0.25) is 15.1 Å². The summed E-state index contributed by atoms with van der Waals surface area (Å²) in [5.74, 6) is -0.266. The number of imidazole rings is 1. The normalized spacial score (nSPS) is 12.7. The summed E-state index contributed by atoms with van der Waals surface area (Å²) in [6, 6.07) is 19.7. The highest BCUT2D eigenvalue weighted by atomic mass is 35.5. The van der Waals surface area contributed by atoms with E-state index in [2.05, 4.69) is 16.1 Å². The Balaban J connectivity index is 0.00000361. The molecule has 8 heteroatoms. The molecule has 190 valence electrons. The van der Waals surface area contributed by atoms with Crippen LogP contribution >= 0.6 is 34.8 Å². The molecule has 0 N–H and O–H groups in total. The first-order valence-corrected chi connectivity index (χ1v) is 12.7. The summed E-state index contributed by atoms with van der Waals surface area (Å²) in [5.41, 5.74) is 2.91. The van der Waals surface area contributed by atoms with Crippen LogP contribution in [0.5, 0.6) is 0 Å².